The molecule has 0 fully saturated rings. The number of carbonyl (C=O) groups excluding carboxylic acids is 1. The Hall–Kier alpha value is -1.93. The van der Waals surface area contributed by atoms with Crippen LogP contribution in [0.1, 0.15) is 28.1 Å². The van der Waals surface area contributed by atoms with Gasteiger partial charge in [-0.2, -0.15) is 8.42 Å². The third-order valence-corrected chi connectivity index (χ3v) is 6.72. The Bertz CT molecular complexity index is 883. The first-order chi connectivity index (χ1) is 11.3. The third kappa shape index (κ3) is 3.29. The molecule has 0 aliphatic carbocycles. The Labute approximate surface area is 144 Å². The molecule has 1 atom stereocenters. The lowest BCUT2D eigenvalue weighted by Crippen LogP contribution is -2.43. The molecule has 1 amide bonds. The van der Waals surface area contributed by atoms with E-state index in [9.17, 15) is 13.2 Å². The second-order valence-corrected chi connectivity index (χ2v) is 8.91. The number of thiazole rings is 1. The Morgan fingerprint density at radius 1 is 1.33 bits per heavy atom. The van der Waals surface area contributed by atoms with Crippen LogP contribution >= 0.6 is 11.3 Å². The van der Waals surface area contributed by atoms with Crippen LogP contribution in [0.3, 0.4) is 0 Å². The molecule has 6 nitrogen and oxygen atoms in total. The number of fused-ring (bicyclic) bond motifs is 1. The maximum absolute atomic E-state index is 12.3. The minimum atomic E-state index is -3.97. The van der Waals surface area contributed by atoms with Crippen LogP contribution in [0, 0.1) is 20.8 Å². The van der Waals surface area contributed by atoms with E-state index in [1.807, 2.05) is 25.1 Å². The highest BCUT2D eigenvalue weighted by molar-refractivity contribution is 7.92. The number of sulfonamides is 1. The van der Waals surface area contributed by atoms with Crippen molar-refractivity contribution in [2.24, 2.45) is 0 Å². The fraction of sp³-hybridized carbons (Fsp3) is 0.375. The first-order valence-electron chi connectivity index (χ1n) is 7.53. The first kappa shape index (κ1) is 16.9. The summed E-state index contributed by atoms with van der Waals surface area (Å²) >= 11 is 1.05. The summed E-state index contributed by atoms with van der Waals surface area (Å²) in [5, 5.41) is 0. The molecule has 3 rings (SSSR count). The standard InChI is InChI=1S/C16H18N2O4S2/c1-9-4-6-13-12(8-9)5-7-14(22-13)15(19)18-24(20,21)16-17-10(2)11(3)23-16/h4,6,8,14H,5,7H2,1-3H3,(H,18,19). The maximum Gasteiger partial charge on any atom is 0.291 e. The predicted octanol–water partition coefficient (Wildman–Crippen LogP) is 2.27. The normalized spacial score (nSPS) is 17.0. The summed E-state index contributed by atoms with van der Waals surface area (Å²) < 4.78 is 32.3. The number of nitrogens with zero attached hydrogens (tertiary/aromatic N) is 1. The van der Waals surface area contributed by atoms with Gasteiger partial charge >= 0.3 is 0 Å². The van der Waals surface area contributed by atoms with Gasteiger partial charge in [0.2, 0.25) is 4.34 Å². The molecule has 0 radical (unpaired) electrons. The molecular weight excluding hydrogens is 348 g/mol. The number of rotatable bonds is 3. The van der Waals surface area contributed by atoms with Gasteiger partial charge in [-0.1, -0.05) is 17.7 Å². The molecule has 1 aliphatic heterocycles. The van der Waals surface area contributed by atoms with Gasteiger partial charge in [0, 0.05) is 4.88 Å². The van der Waals surface area contributed by atoms with Crippen molar-refractivity contribution in [1.29, 1.82) is 0 Å². The molecule has 0 spiro atoms. The highest BCUT2D eigenvalue weighted by Gasteiger charge is 2.31. The van der Waals surface area contributed by atoms with Gasteiger partial charge in [-0.25, -0.2) is 9.71 Å². The first-order valence-corrected chi connectivity index (χ1v) is 9.83. The zero-order chi connectivity index (χ0) is 17.5. The lowest BCUT2D eigenvalue weighted by atomic mass is 10.0. The summed E-state index contributed by atoms with van der Waals surface area (Å²) in [4.78, 5) is 17.1. The molecule has 1 N–H and O–H groups in total. The quantitative estimate of drug-likeness (QED) is 0.901. The molecule has 1 unspecified atom stereocenters. The number of carbonyl (C=O) groups is 1. The highest BCUT2D eigenvalue weighted by Crippen LogP contribution is 2.29. The minimum absolute atomic E-state index is 0.0994. The number of hydrogen-bond acceptors (Lipinski definition) is 6. The smallest absolute Gasteiger partial charge is 0.291 e. The van der Waals surface area contributed by atoms with Gasteiger partial charge in [-0.3, -0.25) is 4.79 Å². The molecule has 0 saturated heterocycles. The molecule has 0 saturated carbocycles. The van der Waals surface area contributed by atoms with Crippen LogP contribution in [0.25, 0.3) is 0 Å². The van der Waals surface area contributed by atoms with Crippen molar-refractivity contribution in [3.8, 4) is 5.75 Å². The van der Waals surface area contributed by atoms with E-state index in [-0.39, 0.29) is 4.34 Å². The van der Waals surface area contributed by atoms with Crippen molar-refractivity contribution in [2.45, 2.75) is 44.1 Å². The molecular formula is C16H18N2O4S2. The molecule has 128 valence electrons. The Balaban J connectivity index is 1.74. The summed E-state index contributed by atoms with van der Waals surface area (Å²) in [7, 11) is -3.97. The highest BCUT2D eigenvalue weighted by atomic mass is 32.2. The van der Waals surface area contributed by atoms with E-state index in [2.05, 4.69) is 9.71 Å². The summed E-state index contributed by atoms with van der Waals surface area (Å²) in [5.74, 6) is -0.0305. The molecule has 0 bridgehead atoms. The minimum Gasteiger partial charge on any atom is -0.480 e. The average Bonchev–Trinajstić information content (AvgIpc) is 2.86. The molecule has 2 aromatic rings. The van der Waals surface area contributed by atoms with Crippen molar-refractivity contribution in [1.82, 2.24) is 9.71 Å². The Morgan fingerprint density at radius 2 is 2.08 bits per heavy atom. The van der Waals surface area contributed by atoms with Crippen LogP contribution in [0.15, 0.2) is 22.5 Å². The van der Waals surface area contributed by atoms with E-state index in [0.29, 0.717) is 24.3 Å². The molecule has 1 aromatic heterocycles. The van der Waals surface area contributed by atoms with E-state index < -0.39 is 22.0 Å². The van der Waals surface area contributed by atoms with Gasteiger partial charge in [0.1, 0.15) is 5.75 Å². The zero-order valence-corrected chi connectivity index (χ0v) is 15.3. The predicted molar refractivity (Wildman–Crippen MR) is 90.8 cm³/mol. The SMILES string of the molecule is Cc1ccc2c(c1)CCC(C(=O)NS(=O)(=O)c1nc(C)c(C)s1)O2. The van der Waals surface area contributed by atoms with Crippen LogP contribution in [0.2, 0.25) is 0 Å². The summed E-state index contributed by atoms with van der Waals surface area (Å²) in [6.45, 7) is 5.51. The van der Waals surface area contributed by atoms with Gasteiger partial charge in [-0.05, 0) is 45.2 Å². The van der Waals surface area contributed by atoms with Crippen LogP contribution in [-0.4, -0.2) is 25.4 Å². The van der Waals surface area contributed by atoms with E-state index in [1.54, 1.807) is 13.8 Å². The summed E-state index contributed by atoms with van der Waals surface area (Å²) in [6, 6.07) is 5.73. The number of hydrogen-bond donors (Lipinski definition) is 1. The fourth-order valence-electron chi connectivity index (χ4n) is 2.50. The van der Waals surface area contributed by atoms with Crippen LogP contribution in [0.4, 0.5) is 0 Å². The maximum atomic E-state index is 12.3. The largest absolute Gasteiger partial charge is 0.480 e. The Kier molecular flexibility index (Phi) is 4.35. The number of aryl methyl sites for hydroxylation is 4. The molecule has 1 aromatic carbocycles. The second kappa shape index (κ2) is 6.18. The van der Waals surface area contributed by atoms with E-state index in [0.717, 1.165) is 27.3 Å². The molecule has 2 heterocycles. The number of amides is 1. The van der Waals surface area contributed by atoms with Gasteiger partial charge in [0.05, 0.1) is 5.69 Å². The van der Waals surface area contributed by atoms with Gasteiger partial charge < -0.3 is 4.74 Å². The number of benzene rings is 1. The lowest BCUT2D eigenvalue weighted by Gasteiger charge is -2.25. The molecule has 24 heavy (non-hydrogen) atoms. The second-order valence-electron chi connectivity index (χ2n) is 5.85. The van der Waals surface area contributed by atoms with Gasteiger partial charge in [0.15, 0.2) is 6.10 Å². The number of nitrogens with one attached hydrogen (secondary N) is 1. The summed E-state index contributed by atoms with van der Waals surface area (Å²) in [5.41, 5.74) is 2.80. The number of ether oxygens (including phenoxy) is 1. The van der Waals surface area contributed by atoms with Crippen molar-refractivity contribution in [3.05, 3.63) is 39.9 Å². The lowest BCUT2D eigenvalue weighted by molar-refractivity contribution is -0.126. The number of aromatic nitrogens is 1. The van der Waals surface area contributed by atoms with Crippen molar-refractivity contribution in [2.75, 3.05) is 0 Å². The summed E-state index contributed by atoms with van der Waals surface area (Å²) in [6.07, 6.45) is 0.287. The fourth-order valence-corrected chi connectivity index (χ4v) is 4.82. The average molecular weight is 366 g/mol. The van der Waals surface area contributed by atoms with Crippen LogP contribution < -0.4 is 9.46 Å². The Morgan fingerprint density at radius 3 is 2.75 bits per heavy atom. The van der Waals surface area contributed by atoms with Gasteiger partial charge in [0.25, 0.3) is 15.9 Å². The van der Waals surface area contributed by atoms with Crippen LogP contribution in [0.5, 0.6) is 5.75 Å². The van der Waals surface area contributed by atoms with Crippen LogP contribution in [-0.2, 0) is 21.2 Å². The van der Waals surface area contributed by atoms with E-state index in [1.165, 1.54) is 0 Å². The van der Waals surface area contributed by atoms with E-state index >= 15 is 0 Å². The van der Waals surface area contributed by atoms with Crippen molar-refractivity contribution < 1.29 is 17.9 Å². The monoisotopic (exact) mass is 366 g/mol. The zero-order valence-electron chi connectivity index (χ0n) is 13.6. The van der Waals surface area contributed by atoms with Crippen molar-refractivity contribution in [3.63, 3.8) is 0 Å². The van der Waals surface area contributed by atoms with E-state index in [4.69, 9.17) is 4.74 Å². The van der Waals surface area contributed by atoms with Crippen molar-refractivity contribution >= 4 is 27.3 Å². The topological polar surface area (TPSA) is 85.4 Å². The third-order valence-electron chi connectivity index (χ3n) is 3.93. The molecule has 8 heteroatoms. The molecule has 1 aliphatic rings. The van der Waals surface area contributed by atoms with Gasteiger partial charge in [-0.15, -0.1) is 11.3 Å².